The lowest BCUT2D eigenvalue weighted by atomic mass is 9.87. The van der Waals surface area contributed by atoms with Gasteiger partial charge in [0.2, 0.25) is 0 Å². The first-order chi connectivity index (χ1) is 14.3. The topological polar surface area (TPSA) is 186 Å². The quantitative estimate of drug-likeness (QED) is 0.149. The third-order valence-electron chi connectivity index (χ3n) is 6.58. The molecule has 2 fully saturated rings. The lowest BCUT2D eigenvalue weighted by Gasteiger charge is -2.41. The van der Waals surface area contributed by atoms with Gasteiger partial charge in [-0.15, -0.1) is 0 Å². The Morgan fingerprint density at radius 2 is 0.700 bits per heavy atom. The van der Waals surface area contributed by atoms with Crippen LogP contribution in [-0.4, -0.2) is 115 Å². The fourth-order valence-corrected chi connectivity index (χ4v) is 4.57. The Morgan fingerprint density at radius 1 is 0.400 bits per heavy atom. The van der Waals surface area contributed by atoms with Crippen molar-refractivity contribution in [3.05, 3.63) is 0 Å². The number of nitrogens with one attached hydrogen (secondary N) is 2. The van der Waals surface area contributed by atoms with Crippen molar-refractivity contribution in [3.8, 4) is 0 Å². The van der Waals surface area contributed by atoms with Gasteiger partial charge in [-0.3, -0.25) is 0 Å². The molecule has 10 nitrogen and oxygen atoms in total. The molecule has 10 N–H and O–H groups in total. The summed E-state index contributed by atoms with van der Waals surface area (Å²) in [6.45, 7) is -0.609. The fraction of sp³-hybridized carbons (Fsp3) is 1.00. The summed E-state index contributed by atoms with van der Waals surface area (Å²) in [4.78, 5) is 0. The van der Waals surface area contributed by atoms with Gasteiger partial charge in [0.05, 0.1) is 49.7 Å². The monoisotopic (exact) mass is 436 g/mol. The van der Waals surface area contributed by atoms with E-state index in [1.165, 1.54) is 0 Å². The summed E-state index contributed by atoms with van der Waals surface area (Å²) in [5.74, 6) is 0. The van der Waals surface area contributed by atoms with Crippen molar-refractivity contribution >= 4 is 0 Å². The molecule has 0 bridgehead atoms. The summed E-state index contributed by atoms with van der Waals surface area (Å²) in [6.07, 6.45) is -0.133. The Labute approximate surface area is 177 Å². The molecule has 178 valence electrons. The first-order valence-electron chi connectivity index (χ1n) is 11.1. The van der Waals surface area contributed by atoms with Gasteiger partial charge >= 0.3 is 0 Å². The second-order valence-corrected chi connectivity index (χ2v) is 8.77. The lowest BCUT2D eigenvalue weighted by molar-refractivity contribution is -0.120. The van der Waals surface area contributed by atoms with Crippen LogP contribution in [0.5, 0.6) is 0 Å². The molecule has 10 heteroatoms. The summed E-state index contributed by atoms with van der Waals surface area (Å²) in [7, 11) is 0. The lowest BCUT2D eigenvalue weighted by Crippen LogP contribution is -2.65. The Hall–Kier alpha value is -0.400. The number of hydrogen-bond donors (Lipinski definition) is 10. The molecule has 10 atom stereocenters. The minimum Gasteiger partial charge on any atom is -0.395 e. The summed E-state index contributed by atoms with van der Waals surface area (Å²) in [6, 6.07) is -1.99. The van der Waals surface area contributed by atoms with E-state index in [-0.39, 0.29) is 25.3 Å². The van der Waals surface area contributed by atoms with E-state index < -0.39 is 48.7 Å². The minimum absolute atomic E-state index is 0.305. The molecule has 0 spiro atoms. The van der Waals surface area contributed by atoms with Crippen molar-refractivity contribution in [2.24, 2.45) is 0 Å². The van der Waals surface area contributed by atoms with Crippen LogP contribution in [0.3, 0.4) is 0 Å². The van der Waals surface area contributed by atoms with Crippen LogP contribution in [0.2, 0.25) is 0 Å². The molecular formula is C20H40N2O8. The highest BCUT2D eigenvalue weighted by molar-refractivity contribution is 4.98. The highest BCUT2D eigenvalue weighted by Crippen LogP contribution is 2.22. The number of aliphatic hydroxyl groups is 8. The molecule has 2 aliphatic heterocycles. The highest BCUT2D eigenvalue weighted by atomic mass is 16.4. The molecule has 30 heavy (non-hydrogen) atoms. The molecule has 0 radical (unpaired) electrons. The second-order valence-electron chi connectivity index (χ2n) is 8.77. The van der Waals surface area contributed by atoms with E-state index in [0.717, 1.165) is 38.5 Å². The van der Waals surface area contributed by atoms with E-state index in [1.807, 2.05) is 0 Å². The van der Waals surface area contributed by atoms with Gasteiger partial charge in [-0.25, -0.2) is 0 Å². The smallest absolute Gasteiger partial charge is 0.109 e. The standard InChI is InChI=1S/C20H40N2O8/c23-9-13-17(27)19(29)15(25)11(21-13)7-5-3-1-2-4-6-8-12-16(26)20(30)18(28)14(10-24)22-12/h11-30H,1-10H2. The van der Waals surface area contributed by atoms with Crippen molar-refractivity contribution < 1.29 is 40.9 Å². The molecule has 10 unspecified atom stereocenters. The minimum atomic E-state index is -1.26. The third-order valence-corrected chi connectivity index (χ3v) is 6.58. The second kappa shape index (κ2) is 12.6. The summed E-state index contributed by atoms with van der Waals surface area (Å²) in [5.41, 5.74) is 0. The molecule has 0 amide bonds. The Morgan fingerprint density at radius 3 is 1.03 bits per heavy atom. The maximum atomic E-state index is 10.1. The van der Waals surface area contributed by atoms with E-state index in [2.05, 4.69) is 10.6 Å². The molecule has 2 rings (SSSR count). The number of unbranched alkanes of at least 4 members (excludes halogenated alkanes) is 5. The molecule has 0 aromatic rings. The van der Waals surface area contributed by atoms with Crippen LogP contribution in [0.1, 0.15) is 51.4 Å². The van der Waals surface area contributed by atoms with Crippen LogP contribution in [0.25, 0.3) is 0 Å². The molecule has 2 saturated heterocycles. The molecule has 0 saturated carbocycles. The van der Waals surface area contributed by atoms with E-state index in [1.54, 1.807) is 0 Å². The van der Waals surface area contributed by atoms with Crippen LogP contribution in [0.15, 0.2) is 0 Å². The molecule has 2 heterocycles. The zero-order chi connectivity index (χ0) is 22.3. The van der Waals surface area contributed by atoms with E-state index in [4.69, 9.17) is 0 Å². The summed E-state index contributed by atoms with van der Waals surface area (Å²) in [5, 5.41) is 84.1. The van der Waals surface area contributed by atoms with Crippen LogP contribution in [-0.2, 0) is 0 Å². The van der Waals surface area contributed by atoms with Gasteiger partial charge in [0, 0.05) is 12.1 Å². The maximum absolute atomic E-state index is 10.1. The summed E-state index contributed by atoms with van der Waals surface area (Å²) >= 11 is 0. The SMILES string of the molecule is OCC1NC(CCCCCCCCC2NC(CO)C(O)C(O)C2O)C(O)C(O)C1O. The number of aliphatic hydroxyl groups excluding tert-OH is 8. The first kappa shape index (κ1) is 25.9. The van der Waals surface area contributed by atoms with Crippen molar-refractivity contribution in [1.29, 1.82) is 0 Å². The summed E-state index contributed by atoms with van der Waals surface area (Å²) < 4.78 is 0. The van der Waals surface area contributed by atoms with E-state index >= 15 is 0 Å². The van der Waals surface area contributed by atoms with Crippen molar-refractivity contribution in [3.63, 3.8) is 0 Å². The van der Waals surface area contributed by atoms with Gasteiger partial charge in [-0.1, -0.05) is 38.5 Å². The zero-order valence-electron chi connectivity index (χ0n) is 17.4. The fourth-order valence-electron chi connectivity index (χ4n) is 4.57. The Balaban J connectivity index is 1.57. The van der Waals surface area contributed by atoms with Crippen molar-refractivity contribution in [2.75, 3.05) is 13.2 Å². The molecular weight excluding hydrogens is 396 g/mol. The van der Waals surface area contributed by atoms with Gasteiger partial charge in [0.1, 0.15) is 12.2 Å². The van der Waals surface area contributed by atoms with Crippen LogP contribution >= 0.6 is 0 Å². The molecule has 0 aliphatic carbocycles. The molecule has 0 aromatic heterocycles. The van der Waals surface area contributed by atoms with Crippen molar-refractivity contribution in [1.82, 2.24) is 10.6 Å². The average molecular weight is 437 g/mol. The first-order valence-corrected chi connectivity index (χ1v) is 11.1. The number of piperidine rings is 2. The van der Waals surface area contributed by atoms with Gasteiger partial charge in [-0.2, -0.15) is 0 Å². The predicted octanol–water partition coefficient (Wildman–Crippen LogP) is -3.06. The van der Waals surface area contributed by atoms with Gasteiger partial charge < -0.3 is 51.5 Å². The number of hydrogen-bond acceptors (Lipinski definition) is 10. The van der Waals surface area contributed by atoms with Gasteiger partial charge in [0.25, 0.3) is 0 Å². The van der Waals surface area contributed by atoms with Gasteiger partial charge in [0.15, 0.2) is 0 Å². The molecule has 0 aromatic carbocycles. The van der Waals surface area contributed by atoms with Crippen LogP contribution in [0, 0.1) is 0 Å². The maximum Gasteiger partial charge on any atom is 0.109 e. The van der Waals surface area contributed by atoms with Crippen LogP contribution in [0.4, 0.5) is 0 Å². The number of rotatable bonds is 11. The average Bonchev–Trinajstić information content (AvgIpc) is 2.75. The third kappa shape index (κ3) is 6.55. The van der Waals surface area contributed by atoms with E-state index in [9.17, 15) is 40.9 Å². The largest absolute Gasteiger partial charge is 0.395 e. The van der Waals surface area contributed by atoms with Crippen molar-refractivity contribution in [2.45, 2.75) is 112 Å². The van der Waals surface area contributed by atoms with Crippen LogP contribution < -0.4 is 10.6 Å². The highest BCUT2D eigenvalue weighted by Gasteiger charge is 2.42. The van der Waals surface area contributed by atoms with Gasteiger partial charge in [-0.05, 0) is 12.8 Å². The normalized spacial score (nSPS) is 42.4. The van der Waals surface area contributed by atoms with E-state index in [0.29, 0.717) is 12.8 Å². The zero-order valence-corrected chi connectivity index (χ0v) is 17.4. The molecule has 2 aliphatic rings. The Bertz CT molecular complexity index is 442. The predicted molar refractivity (Wildman–Crippen MR) is 109 cm³/mol. The Kier molecular flexibility index (Phi) is 10.9.